The molecule has 0 aliphatic rings. The number of hydrogen-bond donors (Lipinski definition) is 0. The number of ether oxygens (including phenoxy) is 2. The van der Waals surface area contributed by atoms with E-state index < -0.39 is 6.61 Å². The number of pyridine rings is 1. The van der Waals surface area contributed by atoms with Gasteiger partial charge in [0.1, 0.15) is 5.82 Å². The second kappa shape index (κ2) is 9.28. The first-order valence-corrected chi connectivity index (χ1v) is 8.48. The lowest BCUT2D eigenvalue weighted by molar-refractivity contribution is -0.114. The predicted molar refractivity (Wildman–Crippen MR) is 98.6 cm³/mol. The van der Waals surface area contributed by atoms with E-state index in [2.05, 4.69) is 25.7 Å². The Morgan fingerprint density at radius 1 is 1.35 bits per heavy atom. The van der Waals surface area contributed by atoms with E-state index in [1.165, 1.54) is 30.2 Å². The van der Waals surface area contributed by atoms with Crippen LogP contribution in [0.25, 0.3) is 6.08 Å². The molecule has 0 unspecified atom stereocenters. The minimum absolute atomic E-state index is 0.126. The number of likely N-dealkylation sites (N-methyl/N-ethyl adjacent to an activating group) is 1. The van der Waals surface area contributed by atoms with Gasteiger partial charge in [-0.15, -0.1) is 0 Å². The summed E-state index contributed by atoms with van der Waals surface area (Å²) in [6, 6.07) is 8.16. The summed E-state index contributed by atoms with van der Waals surface area (Å²) in [5, 5.41) is 0. The quantitative estimate of drug-likeness (QED) is 0.610. The summed E-state index contributed by atoms with van der Waals surface area (Å²) in [4.78, 5) is 18.1. The first-order chi connectivity index (χ1) is 12.5. The molecule has 1 heterocycles. The number of anilines is 1. The maximum absolute atomic E-state index is 12.7. The monoisotopic (exact) mass is 426 g/mol. The summed E-state index contributed by atoms with van der Waals surface area (Å²) in [5.74, 6) is 0.175. The van der Waals surface area contributed by atoms with Crippen LogP contribution in [0.4, 0.5) is 14.6 Å². The van der Waals surface area contributed by atoms with Crippen LogP contribution in [0.3, 0.4) is 0 Å². The summed E-state index contributed by atoms with van der Waals surface area (Å²) in [5.41, 5.74) is 0.304. The van der Waals surface area contributed by atoms with Crippen LogP contribution < -0.4 is 14.4 Å². The van der Waals surface area contributed by atoms with Crippen LogP contribution >= 0.6 is 15.9 Å². The number of carbonyl (C=O) groups excluding carboxylic acids is 1. The molecule has 2 aromatic rings. The van der Waals surface area contributed by atoms with Gasteiger partial charge in [-0.3, -0.25) is 9.69 Å². The second-order valence-corrected chi connectivity index (χ2v) is 5.92. The van der Waals surface area contributed by atoms with E-state index in [0.717, 1.165) is 4.47 Å². The van der Waals surface area contributed by atoms with Gasteiger partial charge >= 0.3 is 6.61 Å². The number of aromatic nitrogens is 1. The molecule has 8 heteroatoms. The summed E-state index contributed by atoms with van der Waals surface area (Å²) in [6.07, 6.45) is 4.27. The largest absolute Gasteiger partial charge is 0.493 e. The van der Waals surface area contributed by atoms with Crippen LogP contribution in [0, 0.1) is 0 Å². The highest BCUT2D eigenvalue weighted by Gasteiger charge is 2.16. The summed E-state index contributed by atoms with van der Waals surface area (Å²) in [6.45, 7) is -0.795. The number of benzene rings is 1. The van der Waals surface area contributed by atoms with Crippen molar-refractivity contribution in [2.45, 2.75) is 13.5 Å². The van der Waals surface area contributed by atoms with Crippen LogP contribution in [-0.2, 0) is 4.79 Å². The number of methoxy groups -OCH3 is 1. The lowest BCUT2D eigenvalue weighted by Crippen LogP contribution is -2.29. The van der Waals surface area contributed by atoms with Gasteiger partial charge in [-0.2, -0.15) is 8.78 Å². The van der Waals surface area contributed by atoms with E-state index in [1.807, 2.05) is 6.92 Å². The molecule has 1 aromatic heterocycles. The van der Waals surface area contributed by atoms with Gasteiger partial charge in [-0.05, 0) is 47.1 Å². The number of carbonyl (C=O) groups is 1. The van der Waals surface area contributed by atoms with Crippen molar-refractivity contribution >= 4 is 33.7 Å². The Morgan fingerprint density at radius 3 is 2.69 bits per heavy atom. The van der Waals surface area contributed by atoms with Gasteiger partial charge in [0.15, 0.2) is 11.5 Å². The van der Waals surface area contributed by atoms with Crippen molar-refractivity contribution in [2.24, 2.45) is 0 Å². The van der Waals surface area contributed by atoms with Gasteiger partial charge in [0.2, 0.25) is 0 Å². The van der Waals surface area contributed by atoms with E-state index in [1.54, 1.807) is 30.5 Å². The zero-order valence-corrected chi connectivity index (χ0v) is 15.7. The third-order valence-corrected chi connectivity index (χ3v) is 3.88. The topological polar surface area (TPSA) is 51.7 Å². The average molecular weight is 427 g/mol. The molecule has 138 valence electrons. The molecule has 0 aliphatic carbocycles. The summed E-state index contributed by atoms with van der Waals surface area (Å²) >= 11 is 3.29. The second-order valence-electron chi connectivity index (χ2n) is 5.01. The molecule has 5 nitrogen and oxygen atoms in total. The molecule has 0 atom stereocenters. The molecule has 0 spiro atoms. The first-order valence-electron chi connectivity index (χ1n) is 7.69. The molecular formula is C18H17BrF2N2O3. The minimum Gasteiger partial charge on any atom is -0.493 e. The Bertz CT molecular complexity index is 783. The number of nitrogens with zero attached hydrogens (tertiary/aromatic N) is 2. The predicted octanol–water partition coefficient (Wildman–Crippen LogP) is 4.52. The van der Waals surface area contributed by atoms with E-state index in [4.69, 9.17) is 4.74 Å². The average Bonchev–Trinajstić information content (AvgIpc) is 2.62. The van der Waals surface area contributed by atoms with Crippen molar-refractivity contribution in [2.75, 3.05) is 18.6 Å². The van der Waals surface area contributed by atoms with Crippen molar-refractivity contribution in [1.82, 2.24) is 4.98 Å². The van der Waals surface area contributed by atoms with Crippen molar-refractivity contribution in [1.29, 1.82) is 0 Å². The Kier molecular flexibility index (Phi) is 7.08. The van der Waals surface area contributed by atoms with Crippen LogP contribution in [0.15, 0.2) is 47.1 Å². The van der Waals surface area contributed by atoms with Gasteiger partial charge in [0.25, 0.3) is 5.91 Å². The highest BCUT2D eigenvalue weighted by Crippen LogP contribution is 2.33. The number of amides is 1. The Balaban J connectivity index is 2.27. The molecule has 0 bridgehead atoms. The SMILES string of the molecule is CCN(C(=O)/C=C/c1cccc(OC)c1OC(F)F)c1ccc(Br)cn1. The summed E-state index contributed by atoms with van der Waals surface area (Å²) in [7, 11) is 1.35. The third-order valence-electron chi connectivity index (χ3n) is 3.41. The van der Waals surface area contributed by atoms with Crippen LogP contribution in [-0.4, -0.2) is 31.2 Å². The van der Waals surface area contributed by atoms with Gasteiger partial charge in [0, 0.05) is 28.9 Å². The minimum atomic E-state index is -3.01. The van der Waals surface area contributed by atoms with Gasteiger partial charge in [-0.1, -0.05) is 12.1 Å². The molecule has 0 radical (unpaired) electrons. The molecular weight excluding hydrogens is 410 g/mol. The number of rotatable bonds is 7. The highest BCUT2D eigenvalue weighted by molar-refractivity contribution is 9.10. The van der Waals surface area contributed by atoms with Gasteiger partial charge in [-0.25, -0.2) is 4.98 Å². The number of alkyl halides is 2. The van der Waals surface area contributed by atoms with Crippen LogP contribution in [0.1, 0.15) is 12.5 Å². The van der Waals surface area contributed by atoms with E-state index in [-0.39, 0.29) is 17.4 Å². The smallest absolute Gasteiger partial charge is 0.387 e. The zero-order valence-electron chi connectivity index (χ0n) is 14.2. The van der Waals surface area contributed by atoms with Crippen molar-refractivity contribution in [3.63, 3.8) is 0 Å². The Labute approximate surface area is 158 Å². The first kappa shape index (κ1) is 19.8. The molecule has 0 saturated carbocycles. The fraction of sp³-hybridized carbons (Fsp3) is 0.222. The molecule has 26 heavy (non-hydrogen) atoms. The molecule has 1 aromatic carbocycles. The van der Waals surface area contributed by atoms with E-state index in [9.17, 15) is 13.6 Å². The van der Waals surface area contributed by atoms with Crippen molar-refractivity contribution in [3.05, 3.63) is 52.6 Å². The van der Waals surface area contributed by atoms with E-state index in [0.29, 0.717) is 17.9 Å². The third kappa shape index (κ3) is 5.01. The van der Waals surface area contributed by atoms with Crippen LogP contribution in [0.2, 0.25) is 0 Å². The molecule has 1 amide bonds. The van der Waals surface area contributed by atoms with Gasteiger partial charge < -0.3 is 9.47 Å². The fourth-order valence-corrected chi connectivity index (χ4v) is 2.48. The molecule has 0 fully saturated rings. The zero-order chi connectivity index (χ0) is 19.1. The maximum atomic E-state index is 12.7. The lowest BCUT2D eigenvalue weighted by Gasteiger charge is -2.18. The number of para-hydroxylation sites is 1. The lowest BCUT2D eigenvalue weighted by atomic mass is 10.1. The standard InChI is InChI=1S/C18H17BrF2N2O3/c1-3-23(15-9-8-13(19)11-22-15)16(24)10-7-12-5-4-6-14(25-2)17(12)26-18(20)21/h4-11,18H,3H2,1-2H3/b10-7+. The maximum Gasteiger partial charge on any atom is 0.387 e. The Morgan fingerprint density at radius 2 is 2.12 bits per heavy atom. The fourth-order valence-electron chi connectivity index (χ4n) is 2.25. The van der Waals surface area contributed by atoms with Crippen LogP contribution in [0.5, 0.6) is 11.5 Å². The van der Waals surface area contributed by atoms with Crippen molar-refractivity contribution < 1.29 is 23.0 Å². The molecule has 0 aliphatic heterocycles. The van der Waals surface area contributed by atoms with Gasteiger partial charge in [0.05, 0.1) is 7.11 Å². The molecule has 2 rings (SSSR count). The number of hydrogen-bond acceptors (Lipinski definition) is 4. The van der Waals surface area contributed by atoms with Crippen molar-refractivity contribution in [3.8, 4) is 11.5 Å². The summed E-state index contributed by atoms with van der Waals surface area (Å²) < 4.78 is 35.7. The number of halogens is 3. The molecule has 0 N–H and O–H groups in total. The highest BCUT2D eigenvalue weighted by atomic mass is 79.9. The molecule has 0 saturated heterocycles. The van der Waals surface area contributed by atoms with E-state index >= 15 is 0 Å². The Hall–Kier alpha value is -2.48. The normalized spacial score (nSPS) is 11.0.